The van der Waals surface area contributed by atoms with Gasteiger partial charge in [-0.2, -0.15) is 0 Å². The summed E-state index contributed by atoms with van der Waals surface area (Å²) >= 11 is 0. The van der Waals surface area contributed by atoms with E-state index in [-0.39, 0.29) is 5.54 Å². The topological polar surface area (TPSA) is 16.3 Å². The standard InChI is InChI=1S/C67H62N4/c1-9-16-48(6)61(10-2)70-63-20-15-14-19-57(63)59-43-55(31-35-65(59)70)68(53-27-21-45(3)22-28-53)54-29-25-50(26-30-54)51-37-39-67(8,40-38-51)71(62-34-24-46(4)41-49(62)7)56-32-36-64-60(44-56)58-33-23-47(5)42-66(58)69(64)52-17-12-11-13-18-52/h9-39,41,43-44,47H,2,40,42H2,1,3-8H3/b16-9-,61-48+/t47-,67?/m0/s1. The van der Waals surface area contributed by atoms with Crippen LogP contribution in [0.1, 0.15) is 67.6 Å². The molecule has 11 rings (SSSR count). The maximum Gasteiger partial charge on any atom is 0.0643 e. The predicted molar refractivity (Wildman–Crippen MR) is 306 cm³/mol. The molecule has 0 spiro atoms. The van der Waals surface area contributed by atoms with Crippen LogP contribution in [-0.4, -0.2) is 14.7 Å². The molecule has 71 heavy (non-hydrogen) atoms. The lowest BCUT2D eigenvalue weighted by Crippen LogP contribution is -2.42. The van der Waals surface area contributed by atoms with Crippen LogP contribution >= 0.6 is 0 Å². The van der Waals surface area contributed by atoms with Gasteiger partial charge in [-0.3, -0.25) is 0 Å². The second-order valence-corrected chi connectivity index (χ2v) is 20.0. The summed E-state index contributed by atoms with van der Waals surface area (Å²) in [6, 6.07) is 58.5. The van der Waals surface area contributed by atoms with Crippen molar-refractivity contribution in [2.24, 2.45) is 5.92 Å². The fraction of sp³-hybridized carbons (Fsp3) is 0.164. The number of anilines is 5. The third-order valence-corrected chi connectivity index (χ3v) is 14.9. The van der Waals surface area contributed by atoms with Crippen molar-refractivity contribution < 1.29 is 0 Å². The van der Waals surface area contributed by atoms with Crippen molar-refractivity contribution in [1.29, 1.82) is 0 Å². The molecule has 0 aliphatic heterocycles. The lowest BCUT2D eigenvalue weighted by Gasteiger charge is -2.43. The van der Waals surface area contributed by atoms with Gasteiger partial charge in [-0.1, -0.05) is 140 Å². The highest BCUT2D eigenvalue weighted by Gasteiger charge is 2.34. The Morgan fingerprint density at radius 2 is 1.34 bits per heavy atom. The van der Waals surface area contributed by atoms with Crippen LogP contribution in [0.3, 0.4) is 0 Å². The number of para-hydroxylation sites is 2. The number of benzene rings is 7. The molecule has 0 radical (unpaired) electrons. The zero-order valence-electron chi connectivity index (χ0n) is 42.1. The molecule has 2 aliphatic rings. The van der Waals surface area contributed by atoms with Crippen LogP contribution in [0.5, 0.6) is 0 Å². The van der Waals surface area contributed by atoms with Crippen LogP contribution in [0.2, 0.25) is 0 Å². The Kier molecular flexibility index (Phi) is 11.7. The highest BCUT2D eigenvalue weighted by Crippen LogP contribution is 2.46. The molecule has 2 aliphatic carbocycles. The van der Waals surface area contributed by atoms with E-state index >= 15 is 0 Å². The average molecular weight is 923 g/mol. The molecule has 0 bridgehead atoms. The van der Waals surface area contributed by atoms with Gasteiger partial charge in [0.05, 0.1) is 22.1 Å². The number of aryl methyl sites for hydroxylation is 3. The zero-order chi connectivity index (χ0) is 49.0. The monoisotopic (exact) mass is 922 g/mol. The molecular formula is C67H62N4. The van der Waals surface area contributed by atoms with E-state index in [4.69, 9.17) is 0 Å². The van der Waals surface area contributed by atoms with E-state index in [9.17, 15) is 0 Å². The normalized spacial score (nSPS) is 16.9. The minimum absolute atomic E-state index is 0.332. The van der Waals surface area contributed by atoms with E-state index in [1.54, 1.807) is 0 Å². The van der Waals surface area contributed by atoms with Gasteiger partial charge in [-0.15, -0.1) is 0 Å². The van der Waals surface area contributed by atoms with Gasteiger partial charge < -0.3 is 18.9 Å². The van der Waals surface area contributed by atoms with Gasteiger partial charge in [0, 0.05) is 67.2 Å². The number of nitrogens with zero attached hydrogens (tertiary/aromatic N) is 4. The molecule has 0 saturated heterocycles. The van der Waals surface area contributed by atoms with Crippen molar-refractivity contribution in [2.75, 3.05) is 9.80 Å². The average Bonchev–Trinajstić information content (AvgIpc) is 3.88. The SMILES string of the molecule is C=C/C(=C(C)\C=C/C)n1c2ccccc2c2cc(N(c3ccc(C)cc3)c3ccc(C4=CCC(C)(N(c5ccc6c(c5)c5c(n6-c6ccccc6)C[C@@H](C)C=C5)c5ccc(C)cc5C)C=C4)cc3)ccc21. The van der Waals surface area contributed by atoms with Gasteiger partial charge in [0.15, 0.2) is 0 Å². The van der Waals surface area contributed by atoms with Crippen molar-refractivity contribution in [2.45, 2.75) is 66.8 Å². The Bertz CT molecular complexity index is 3680. The fourth-order valence-corrected chi connectivity index (χ4v) is 11.3. The Hall–Kier alpha value is -8.08. The summed E-state index contributed by atoms with van der Waals surface area (Å²) in [5, 5.41) is 3.70. The quantitative estimate of drug-likeness (QED) is 0.120. The van der Waals surface area contributed by atoms with Gasteiger partial charge >= 0.3 is 0 Å². The lowest BCUT2D eigenvalue weighted by molar-refractivity contribution is 0.570. The molecule has 0 N–H and O–H groups in total. The molecular weight excluding hydrogens is 861 g/mol. The summed E-state index contributed by atoms with van der Waals surface area (Å²) in [5.41, 5.74) is 21.3. The van der Waals surface area contributed by atoms with Crippen LogP contribution in [-0.2, 0) is 6.42 Å². The zero-order valence-corrected chi connectivity index (χ0v) is 42.1. The minimum Gasteiger partial charge on any atom is -0.331 e. The molecule has 350 valence electrons. The largest absolute Gasteiger partial charge is 0.331 e. The third kappa shape index (κ3) is 8.08. The van der Waals surface area contributed by atoms with Crippen molar-refractivity contribution in [3.63, 3.8) is 0 Å². The molecule has 9 aromatic rings. The summed E-state index contributed by atoms with van der Waals surface area (Å²) in [6.45, 7) is 19.8. The first-order valence-corrected chi connectivity index (χ1v) is 25.2. The van der Waals surface area contributed by atoms with Gasteiger partial charge in [0.25, 0.3) is 0 Å². The van der Waals surface area contributed by atoms with E-state index in [2.05, 4.69) is 274 Å². The Balaban J connectivity index is 0.955. The van der Waals surface area contributed by atoms with E-state index in [0.29, 0.717) is 5.92 Å². The van der Waals surface area contributed by atoms with Gasteiger partial charge in [0.2, 0.25) is 0 Å². The third-order valence-electron chi connectivity index (χ3n) is 14.9. The molecule has 2 heterocycles. The van der Waals surface area contributed by atoms with Crippen molar-refractivity contribution in [1.82, 2.24) is 9.13 Å². The smallest absolute Gasteiger partial charge is 0.0643 e. The number of hydrogen-bond acceptors (Lipinski definition) is 2. The van der Waals surface area contributed by atoms with Crippen molar-refractivity contribution >= 4 is 78.5 Å². The Morgan fingerprint density at radius 1 is 0.676 bits per heavy atom. The molecule has 7 aromatic carbocycles. The molecule has 4 nitrogen and oxygen atoms in total. The van der Waals surface area contributed by atoms with E-state index in [0.717, 1.165) is 46.6 Å². The first-order chi connectivity index (χ1) is 34.5. The second-order valence-electron chi connectivity index (χ2n) is 20.0. The summed E-state index contributed by atoms with van der Waals surface area (Å²) < 4.78 is 4.84. The molecule has 0 fully saturated rings. The number of allylic oxidation sites excluding steroid dienone is 8. The van der Waals surface area contributed by atoms with Crippen molar-refractivity contribution in [3.05, 3.63) is 246 Å². The highest BCUT2D eigenvalue weighted by atomic mass is 15.2. The number of aromatic nitrogens is 2. The second kappa shape index (κ2) is 18.3. The molecule has 2 atom stereocenters. The minimum atomic E-state index is -0.332. The van der Waals surface area contributed by atoms with Crippen LogP contribution in [0.4, 0.5) is 28.4 Å². The maximum absolute atomic E-state index is 4.25. The van der Waals surface area contributed by atoms with Crippen LogP contribution < -0.4 is 9.80 Å². The summed E-state index contributed by atoms with van der Waals surface area (Å²) in [5.74, 6) is 0.485. The van der Waals surface area contributed by atoms with E-state index in [1.807, 2.05) is 6.08 Å². The van der Waals surface area contributed by atoms with Crippen LogP contribution in [0, 0.1) is 26.7 Å². The van der Waals surface area contributed by atoms with Gasteiger partial charge in [-0.25, -0.2) is 0 Å². The van der Waals surface area contributed by atoms with Crippen LogP contribution in [0.15, 0.2) is 212 Å². The molecule has 1 unspecified atom stereocenters. The number of hydrogen-bond donors (Lipinski definition) is 0. The summed E-state index contributed by atoms with van der Waals surface area (Å²) in [4.78, 5) is 4.97. The highest BCUT2D eigenvalue weighted by molar-refractivity contribution is 6.12. The van der Waals surface area contributed by atoms with Crippen LogP contribution in [0.25, 0.3) is 55.7 Å². The number of rotatable bonds is 11. The Morgan fingerprint density at radius 3 is 2.06 bits per heavy atom. The van der Waals surface area contributed by atoms with Gasteiger partial charge in [-0.05, 0) is 174 Å². The first-order valence-electron chi connectivity index (χ1n) is 25.2. The summed E-state index contributed by atoms with van der Waals surface area (Å²) in [6.07, 6.45) is 20.0. The first kappa shape index (κ1) is 45.4. The predicted octanol–water partition coefficient (Wildman–Crippen LogP) is 18.3. The lowest BCUT2D eigenvalue weighted by atomic mass is 9.85. The van der Waals surface area contributed by atoms with E-state index < -0.39 is 0 Å². The van der Waals surface area contributed by atoms with E-state index in [1.165, 1.54) is 83.4 Å². The van der Waals surface area contributed by atoms with Gasteiger partial charge in [0.1, 0.15) is 0 Å². The van der Waals surface area contributed by atoms with Crippen molar-refractivity contribution in [3.8, 4) is 5.69 Å². The molecule has 2 aromatic heterocycles. The molecule has 0 saturated carbocycles. The fourth-order valence-electron chi connectivity index (χ4n) is 11.3. The summed E-state index contributed by atoms with van der Waals surface area (Å²) in [7, 11) is 0. The maximum atomic E-state index is 4.25. The molecule has 0 amide bonds. The number of fused-ring (bicyclic) bond motifs is 6. The molecule has 4 heteroatoms. The Labute approximate surface area is 419 Å².